The van der Waals surface area contributed by atoms with E-state index in [1.54, 1.807) is 4.90 Å². The van der Waals surface area contributed by atoms with Crippen LogP contribution in [-0.2, 0) is 14.2 Å². The number of amides is 1. The van der Waals surface area contributed by atoms with Crippen molar-refractivity contribution in [1.82, 2.24) is 4.90 Å². The highest BCUT2D eigenvalue weighted by Gasteiger charge is 2.34. The summed E-state index contributed by atoms with van der Waals surface area (Å²) in [6, 6.07) is 0. The molecule has 0 aromatic heterocycles. The molecule has 0 unspecified atom stereocenters. The van der Waals surface area contributed by atoms with Crippen molar-refractivity contribution in [2.75, 3.05) is 39.5 Å². The highest BCUT2D eigenvalue weighted by molar-refractivity contribution is 5.68. The quantitative estimate of drug-likeness (QED) is 0.758. The molecule has 0 aromatic rings. The van der Waals surface area contributed by atoms with Gasteiger partial charge < -0.3 is 24.2 Å². The molecule has 1 aliphatic heterocycles. The molecule has 1 N–H and O–H groups in total. The van der Waals surface area contributed by atoms with Crippen LogP contribution in [0.25, 0.3) is 0 Å². The van der Waals surface area contributed by atoms with Crippen LogP contribution in [-0.4, -0.2) is 66.8 Å². The van der Waals surface area contributed by atoms with Crippen LogP contribution in [0.4, 0.5) is 4.79 Å². The Hall–Kier alpha value is -0.850. The maximum atomic E-state index is 12.0. The van der Waals surface area contributed by atoms with Crippen LogP contribution in [0, 0.1) is 0 Å². The molecule has 0 aromatic carbocycles. The Kier molecular flexibility index (Phi) is 6.90. The summed E-state index contributed by atoms with van der Waals surface area (Å²) < 4.78 is 16.4. The number of carbonyl (C=O) groups excluding carboxylic acids is 1. The average Bonchev–Trinajstić information content (AvgIpc) is 2.37. The molecular weight excluding hydrogens is 274 g/mol. The van der Waals surface area contributed by atoms with Crippen molar-refractivity contribution in [2.45, 2.75) is 51.7 Å². The van der Waals surface area contributed by atoms with Crippen LogP contribution < -0.4 is 0 Å². The molecule has 0 aliphatic carbocycles. The molecule has 6 heteroatoms. The van der Waals surface area contributed by atoms with Gasteiger partial charge in [0.2, 0.25) is 0 Å². The number of likely N-dealkylation sites (tertiary alicyclic amines) is 1. The Balaban J connectivity index is 2.28. The van der Waals surface area contributed by atoms with Crippen molar-refractivity contribution in [1.29, 1.82) is 0 Å². The molecule has 21 heavy (non-hydrogen) atoms. The molecule has 1 aliphatic rings. The van der Waals surface area contributed by atoms with Crippen molar-refractivity contribution in [3.8, 4) is 0 Å². The van der Waals surface area contributed by atoms with Gasteiger partial charge in [0.25, 0.3) is 0 Å². The molecule has 124 valence electrons. The summed E-state index contributed by atoms with van der Waals surface area (Å²) in [6.07, 6.45) is 1.31. The highest BCUT2D eigenvalue weighted by atomic mass is 16.6. The lowest BCUT2D eigenvalue weighted by Gasteiger charge is -2.39. The first-order valence-corrected chi connectivity index (χ1v) is 7.56. The molecule has 1 heterocycles. The van der Waals surface area contributed by atoms with Gasteiger partial charge in [-0.15, -0.1) is 0 Å². The normalized spacial score (nSPS) is 18.6. The largest absolute Gasteiger partial charge is 0.444 e. The van der Waals surface area contributed by atoms with Crippen molar-refractivity contribution in [3.05, 3.63) is 0 Å². The topological polar surface area (TPSA) is 68.2 Å². The fraction of sp³-hybridized carbons (Fsp3) is 0.933. The number of aliphatic hydroxyl groups is 1. The molecule has 0 bridgehead atoms. The Morgan fingerprint density at radius 1 is 1.19 bits per heavy atom. The van der Waals surface area contributed by atoms with Gasteiger partial charge in [0.15, 0.2) is 0 Å². The van der Waals surface area contributed by atoms with Crippen molar-refractivity contribution < 1.29 is 24.1 Å². The third kappa shape index (κ3) is 7.11. The zero-order valence-electron chi connectivity index (χ0n) is 13.7. The van der Waals surface area contributed by atoms with Gasteiger partial charge in [0.1, 0.15) is 5.60 Å². The lowest BCUT2D eigenvalue weighted by molar-refractivity contribution is -0.0890. The number of aliphatic hydroxyl groups excluding tert-OH is 1. The zero-order valence-corrected chi connectivity index (χ0v) is 13.7. The SMILES string of the molecule is CC(C)(C)OC(=O)N1CCC(C)(OCCOCCO)CC1. The fourth-order valence-electron chi connectivity index (χ4n) is 2.15. The summed E-state index contributed by atoms with van der Waals surface area (Å²) in [5.41, 5.74) is -0.681. The smallest absolute Gasteiger partial charge is 0.410 e. The molecular formula is C15H29NO5. The molecule has 0 saturated carbocycles. The van der Waals surface area contributed by atoms with Gasteiger partial charge in [-0.05, 0) is 40.5 Å². The van der Waals surface area contributed by atoms with Gasteiger partial charge in [0.05, 0.1) is 32.0 Å². The molecule has 0 radical (unpaired) electrons. The first kappa shape index (κ1) is 18.2. The Morgan fingerprint density at radius 3 is 2.33 bits per heavy atom. The van der Waals surface area contributed by atoms with Crippen LogP contribution >= 0.6 is 0 Å². The fourth-order valence-corrected chi connectivity index (χ4v) is 2.15. The number of nitrogens with zero attached hydrogens (tertiary/aromatic N) is 1. The molecule has 1 rings (SSSR count). The van der Waals surface area contributed by atoms with Crippen molar-refractivity contribution >= 4 is 6.09 Å². The Morgan fingerprint density at radius 2 is 1.81 bits per heavy atom. The van der Waals surface area contributed by atoms with E-state index in [1.165, 1.54) is 0 Å². The summed E-state index contributed by atoms with van der Waals surface area (Å²) in [7, 11) is 0. The van der Waals surface area contributed by atoms with E-state index in [9.17, 15) is 4.79 Å². The van der Waals surface area contributed by atoms with E-state index in [1.807, 2.05) is 20.8 Å². The minimum Gasteiger partial charge on any atom is -0.444 e. The Labute approximate surface area is 127 Å². The van der Waals surface area contributed by atoms with Crippen LogP contribution in [0.15, 0.2) is 0 Å². The van der Waals surface area contributed by atoms with Gasteiger partial charge in [-0.2, -0.15) is 0 Å². The van der Waals surface area contributed by atoms with Gasteiger partial charge in [0, 0.05) is 13.1 Å². The molecule has 1 saturated heterocycles. The van der Waals surface area contributed by atoms with Crippen LogP contribution in [0.2, 0.25) is 0 Å². The van der Waals surface area contributed by atoms with Gasteiger partial charge in [-0.3, -0.25) is 0 Å². The summed E-state index contributed by atoms with van der Waals surface area (Å²) in [6.45, 7) is 10.3. The summed E-state index contributed by atoms with van der Waals surface area (Å²) >= 11 is 0. The molecule has 1 amide bonds. The van der Waals surface area contributed by atoms with Gasteiger partial charge in [-0.25, -0.2) is 4.79 Å². The van der Waals surface area contributed by atoms with E-state index in [0.29, 0.717) is 32.9 Å². The molecule has 0 atom stereocenters. The van der Waals surface area contributed by atoms with E-state index in [-0.39, 0.29) is 18.3 Å². The summed E-state index contributed by atoms with van der Waals surface area (Å²) in [5, 5.41) is 8.61. The van der Waals surface area contributed by atoms with E-state index < -0.39 is 5.60 Å². The second kappa shape index (κ2) is 7.96. The van der Waals surface area contributed by atoms with Crippen LogP contribution in [0.3, 0.4) is 0 Å². The minimum absolute atomic E-state index is 0.0299. The number of rotatable bonds is 6. The first-order valence-electron chi connectivity index (χ1n) is 7.56. The van der Waals surface area contributed by atoms with Crippen molar-refractivity contribution in [3.63, 3.8) is 0 Å². The van der Waals surface area contributed by atoms with E-state index >= 15 is 0 Å². The monoisotopic (exact) mass is 303 g/mol. The average molecular weight is 303 g/mol. The predicted octanol–water partition coefficient (Wildman–Crippen LogP) is 1.80. The maximum Gasteiger partial charge on any atom is 0.410 e. The zero-order chi connectivity index (χ0) is 15.9. The predicted molar refractivity (Wildman–Crippen MR) is 79.3 cm³/mol. The molecule has 0 spiro atoms. The third-order valence-corrected chi connectivity index (χ3v) is 3.39. The van der Waals surface area contributed by atoms with E-state index in [4.69, 9.17) is 19.3 Å². The van der Waals surface area contributed by atoms with Gasteiger partial charge >= 0.3 is 6.09 Å². The van der Waals surface area contributed by atoms with Crippen LogP contribution in [0.5, 0.6) is 0 Å². The highest BCUT2D eigenvalue weighted by Crippen LogP contribution is 2.26. The molecule has 1 fully saturated rings. The van der Waals surface area contributed by atoms with Crippen molar-refractivity contribution in [2.24, 2.45) is 0 Å². The number of hydrogen-bond acceptors (Lipinski definition) is 5. The second-order valence-corrected chi connectivity index (χ2v) is 6.60. The maximum absolute atomic E-state index is 12.0. The number of ether oxygens (including phenoxy) is 3. The number of carbonyl (C=O) groups is 1. The second-order valence-electron chi connectivity index (χ2n) is 6.60. The summed E-state index contributed by atoms with van der Waals surface area (Å²) in [4.78, 5) is 13.7. The standard InChI is InChI=1S/C15H29NO5/c1-14(2,3)21-13(18)16-7-5-15(4,6-8-16)20-12-11-19-10-9-17/h17H,5-12H2,1-4H3. The molecule has 6 nitrogen and oxygen atoms in total. The van der Waals surface area contributed by atoms with Crippen LogP contribution in [0.1, 0.15) is 40.5 Å². The first-order chi connectivity index (χ1) is 9.76. The lowest BCUT2D eigenvalue weighted by Crippen LogP contribution is -2.48. The minimum atomic E-state index is -0.460. The number of piperidine rings is 1. The van der Waals surface area contributed by atoms with E-state index in [0.717, 1.165) is 12.8 Å². The Bertz CT molecular complexity index is 319. The lowest BCUT2D eigenvalue weighted by atomic mass is 9.93. The number of hydrogen-bond donors (Lipinski definition) is 1. The van der Waals surface area contributed by atoms with E-state index in [2.05, 4.69) is 6.92 Å². The third-order valence-electron chi connectivity index (χ3n) is 3.39. The van der Waals surface area contributed by atoms with Gasteiger partial charge in [-0.1, -0.05) is 0 Å². The summed E-state index contributed by atoms with van der Waals surface area (Å²) in [5.74, 6) is 0.